The Labute approximate surface area is 135 Å². The summed E-state index contributed by atoms with van der Waals surface area (Å²) in [4.78, 5) is 2.50. The second-order valence-corrected chi connectivity index (χ2v) is 6.27. The average molecular weight is 302 g/mol. The van der Waals surface area contributed by atoms with Crippen LogP contribution in [0.3, 0.4) is 0 Å². The van der Waals surface area contributed by atoms with Crippen LogP contribution in [0.15, 0.2) is 30.9 Å². The molecule has 1 N–H and O–H groups in total. The first-order chi connectivity index (χ1) is 10.7. The molecule has 0 heterocycles. The minimum Gasteiger partial charge on any atom is -0.496 e. The van der Waals surface area contributed by atoms with Crippen molar-refractivity contribution in [1.82, 2.24) is 10.2 Å². The van der Waals surface area contributed by atoms with Gasteiger partial charge in [-0.15, -0.1) is 6.58 Å². The van der Waals surface area contributed by atoms with E-state index < -0.39 is 0 Å². The summed E-state index contributed by atoms with van der Waals surface area (Å²) in [6.45, 7) is 6.36. The van der Waals surface area contributed by atoms with Crippen LogP contribution in [0.5, 0.6) is 5.75 Å². The van der Waals surface area contributed by atoms with Gasteiger partial charge < -0.3 is 10.1 Å². The van der Waals surface area contributed by atoms with Gasteiger partial charge in [-0.1, -0.05) is 37.5 Å². The highest BCUT2D eigenvalue weighted by Crippen LogP contribution is 2.25. The molecule has 0 unspecified atom stereocenters. The molecule has 22 heavy (non-hydrogen) atoms. The van der Waals surface area contributed by atoms with Crippen LogP contribution in [0, 0.1) is 0 Å². The predicted octanol–water partition coefficient (Wildman–Crippen LogP) is 3.74. The van der Waals surface area contributed by atoms with Crippen LogP contribution in [0.2, 0.25) is 0 Å². The summed E-state index contributed by atoms with van der Waals surface area (Å²) in [5.74, 6) is 0.978. The van der Waals surface area contributed by atoms with Crippen LogP contribution in [0.1, 0.15) is 43.2 Å². The van der Waals surface area contributed by atoms with E-state index in [1.807, 2.05) is 6.08 Å². The summed E-state index contributed by atoms with van der Waals surface area (Å²) >= 11 is 0. The van der Waals surface area contributed by atoms with Gasteiger partial charge in [0.05, 0.1) is 7.11 Å². The summed E-state index contributed by atoms with van der Waals surface area (Å²) in [7, 11) is 4.00. The predicted molar refractivity (Wildman–Crippen MR) is 93.2 cm³/mol. The molecule has 0 bridgehead atoms. The molecular weight excluding hydrogens is 272 g/mol. The zero-order chi connectivity index (χ0) is 15.8. The maximum Gasteiger partial charge on any atom is 0.123 e. The van der Waals surface area contributed by atoms with Gasteiger partial charge in [-0.05, 0) is 31.5 Å². The molecule has 3 heteroatoms. The van der Waals surface area contributed by atoms with E-state index in [-0.39, 0.29) is 0 Å². The van der Waals surface area contributed by atoms with E-state index >= 15 is 0 Å². The molecule has 1 aromatic rings. The number of rotatable bonds is 8. The van der Waals surface area contributed by atoms with Crippen molar-refractivity contribution in [2.45, 2.75) is 51.2 Å². The van der Waals surface area contributed by atoms with Crippen molar-refractivity contribution in [3.63, 3.8) is 0 Å². The minimum absolute atomic E-state index is 0.744. The van der Waals surface area contributed by atoms with E-state index in [0.29, 0.717) is 0 Å². The van der Waals surface area contributed by atoms with E-state index in [0.717, 1.165) is 31.4 Å². The zero-order valence-electron chi connectivity index (χ0n) is 14.1. The van der Waals surface area contributed by atoms with Crippen LogP contribution >= 0.6 is 0 Å². The summed E-state index contributed by atoms with van der Waals surface area (Å²) in [6.07, 6.45) is 8.73. The van der Waals surface area contributed by atoms with Gasteiger partial charge in [-0.25, -0.2) is 0 Å². The van der Waals surface area contributed by atoms with E-state index in [1.54, 1.807) is 7.11 Å². The van der Waals surface area contributed by atoms with E-state index in [9.17, 15) is 0 Å². The molecule has 1 aliphatic carbocycles. The maximum absolute atomic E-state index is 5.56. The fourth-order valence-electron chi connectivity index (χ4n) is 3.28. The lowest BCUT2D eigenvalue weighted by Crippen LogP contribution is -2.32. The third-order valence-electron chi connectivity index (χ3n) is 4.59. The van der Waals surface area contributed by atoms with Gasteiger partial charge in [0, 0.05) is 31.2 Å². The molecule has 1 fully saturated rings. The smallest absolute Gasteiger partial charge is 0.123 e. The van der Waals surface area contributed by atoms with Crippen LogP contribution in [0.4, 0.5) is 0 Å². The third-order valence-corrected chi connectivity index (χ3v) is 4.59. The molecular formula is C19H30N2O. The molecule has 1 aromatic carbocycles. The number of nitrogens with one attached hydrogen (secondary N) is 1. The quantitative estimate of drug-likeness (QED) is 0.585. The Hall–Kier alpha value is -1.32. The number of benzene rings is 1. The van der Waals surface area contributed by atoms with Gasteiger partial charge in [0.1, 0.15) is 5.75 Å². The standard InChI is InChI=1S/C19H30N2O/c1-4-12-20-14-17-11-10-16(13-19(17)22-3)15-21(2)18-8-6-5-7-9-18/h4,10-11,13,18,20H,1,5-9,12,14-15H2,2-3H3. The molecule has 0 saturated heterocycles. The Bertz CT molecular complexity index is 467. The fraction of sp³-hybridized carbons (Fsp3) is 0.579. The summed E-state index contributed by atoms with van der Waals surface area (Å²) < 4.78 is 5.56. The van der Waals surface area contributed by atoms with Crippen molar-refractivity contribution in [2.75, 3.05) is 20.7 Å². The normalized spacial score (nSPS) is 16.0. The lowest BCUT2D eigenvalue weighted by molar-refractivity contribution is 0.184. The SMILES string of the molecule is C=CCNCc1ccc(CN(C)C2CCCCC2)cc1OC. The molecule has 0 aliphatic heterocycles. The molecule has 122 valence electrons. The van der Waals surface area contributed by atoms with Crippen molar-refractivity contribution >= 4 is 0 Å². The summed E-state index contributed by atoms with van der Waals surface area (Å²) in [5.41, 5.74) is 2.53. The minimum atomic E-state index is 0.744. The Morgan fingerprint density at radius 1 is 1.32 bits per heavy atom. The van der Waals surface area contributed by atoms with Gasteiger partial charge >= 0.3 is 0 Å². The molecule has 2 rings (SSSR count). The summed E-state index contributed by atoms with van der Waals surface area (Å²) in [5, 5.41) is 3.33. The molecule has 3 nitrogen and oxygen atoms in total. The van der Waals surface area contributed by atoms with Gasteiger partial charge in [0.25, 0.3) is 0 Å². The first kappa shape index (κ1) is 17.0. The van der Waals surface area contributed by atoms with E-state index in [2.05, 4.69) is 42.0 Å². The van der Waals surface area contributed by atoms with Crippen LogP contribution < -0.4 is 10.1 Å². The van der Waals surface area contributed by atoms with Gasteiger partial charge in [-0.3, -0.25) is 4.90 Å². The molecule has 0 aromatic heterocycles. The first-order valence-electron chi connectivity index (χ1n) is 8.42. The van der Waals surface area contributed by atoms with Crippen LogP contribution in [-0.2, 0) is 13.1 Å². The molecule has 0 radical (unpaired) electrons. The van der Waals surface area contributed by atoms with Gasteiger partial charge in [0.2, 0.25) is 0 Å². The Morgan fingerprint density at radius 3 is 2.77 bits per heavy atom. The fourth-order valence-corrected chi connectivity index (χ4v) is 3.28. The van der Waals surface area contributed by atoms with Crippen molar-refractivity contribution in [3.8, 4) is 5.75 Å². The van der Waals surface area contributed by atoms with Crippen molar-refractivity contribution in [2.24, 2.45) is 0 Å². The second-order valence-electron chi connectivity index (χ2n) is 6.27. The van der Waals surface area contributed by atoms with E-state index in [1.165, 1.54) is 43.2 Å². The van der Waals surface area contributed by atoms with Crippen molar-refractivity contribution in [3.05, 3.63) is 42.0 Å². The number of hydrogen-bond acceptors (Lipinski definition) is 3. The second kappa shape index (κ2) is 8.96. The molecule has 0 amide bonds. The highest BCUT2D eigenvalue weighted by Gasteiger charge is 2.18. The Kier molecular flexibility index (Phi) is 6.94. The first-order valence-corrected chi connectivity index (χ1v) is 8.42. The number of methoxy groups -OCH3 is 1. The molecule has 0 spiro atoms. The lowest BCUT2D eigenvalue weighted by Gasteiger charge is -2.31. The highest BCUT2D eigenvalue weighted by molar-refractivity contribution is 5.37. The topological polar surface area (TPSA) is 24.5 Å². The average Bonchev–Trinajstić information content (AvgIpc) is 2.57. The Balaban J connectivity index is 1.97. The largest absolute Gasteiger partial charge is 0.496 e. The monoisotopic (exact) mass is 302 g/mol. The van der Waals surface area contributed by atoms with Crippen molar-refractivity contribution < 1.29 is 4.74 Å². The highest BCUT2D eigenvalue weighted by atomic mass is 16.5. The van der Waals surface area contributed by atoms with Gasteiger partial charge in [0.15, 0.2) is 0 Å². The third kappa shape index (κ3) is 4.85. The molecule has 1 aliphatic rings. The Morgan fingerprint density at radius 2 is 2.09 bits per heavy atom. The van der Waals surface area contributed by atoms with E-state index in [4.69, 9.17) is 4.74 Å². The number of hydrogen-bond donors (Lipinski definition) is 1. The number of nitrogens with zero attached hydrogens (tertiary/aromatic N) is 1. The summed E-state index contributed by atoms with van der Waals surface area (Å²) in [6, 6.07) is 7.34. The van der Waals surface area contributed by atoms with Crippen LogP contribution in [0.25, 0.3) is 0 Å². The zero-order valence-corrected chi connectivity index (χ0v) is 14.1. The maximum atomic E-state index is 5.56. The lowest BCUT2D eigenvalue weighted by atomic mass is 9.94. The number of ether oxygens (including phenoxy) is 1. The molecule has 0 atom stereocenters. The van der Waals surface area contributed by atoms with Crippen LogP contribution in [-0.4, -0.2) is 31.6 Å². The van der Waals surface area contributed by atoms with Gasteiger partial charge in [-0.2, -0.15) is 0 Å². The van der Waals surface area contributed by atoms with Crippen molar-refractivity contribution in [1.29, 1.82) is 0 Å². The molecule has 1 saturated carbocycles.